The van der Waals surface area contributed by atoms with E-state index in [1.807, 2.05) is 4.90 Å². The average molecular weight is 216 g/mol. The van der Waals surface area contributed by atoms with Crippen molar-refractivity contribution in [3.63, 3.8) is 0 Å². The van der Waals surface area contributed by atoms with Crippen molar-refractivity contribution in [3.05, 3.63) is 29.3 Å². The Morgan fingerprint density at radius 2 is 2.38 bits per heavy atom. The molecule has 0 aliphatic carbocycles. The predicted molar refractivity (Wildman–Crippen MR) is 63.7 cm³/mol. The van der Waals surface area contributed by atoms with E-state index in [0.717, 1.165) is 25.1 Å². The van der Waals surface area contributed by atoms with Gasteiger partial charge in [0.15, 0.2) is 0 Å². The van der Waals surface area contributed by atoms with E-state index in [9.17, 15) is 4.79 Å². The van der Waals surface area contributed by atoms with Crippen LogP contribution < -0.4 is 10.2 Å². The summed E-state index contributed by atoms with van der Waals surface area (Å²) >= 11 is 0. The fraction of sp³-hybridized carbons (Fsp3) is 0.462. The molecule has 2 aliphatic heterocycles. The van der Waals surface area contributed by atoms with Crippen LogP contribution in [0.15, 0.2) is 18.2 Å². The van der Waals surface area contributed by atoms with Gasteiger partial charge in [-0.3, -0.25) is 4.79 Å². The van der Waals surface area contributed by atoms with Crippen LogP contribution in [-0.2, 0) is 17.6 Å². The van der Waals surface area contributed by atoms with Crippen molar-refractivity contribution in [1.29, 1.82) is 0 Å². The number of aryl methyl sites for hydroxylation is 1. The quantitative estimate of drug-likeness (QED) is 0.762. The van der Waals surface area contributed by atoms with Crippen LogP contribution in [0.5, 0.6) is 0 Å². The van der Waals surface area contributed by atoms with Gasteiger partial charge in [-0.25, -0.2) is 0 Å². The van der Waals surface area contributed by atoms with Gasteiger partial charge in [0.05, 0.1) is 12.6 Å². The monoisotopic (exact) mass is 216 g/mol. The summed E-state index contributed by atoms with van der Waals surface area (Å²) in [7, 11) is 0. The first kappa shape index (κ1) is 9.85. The van der Waals surface area contributed by atoms with Crippen molar-refractivity contribution in [1.82, 2.24) is 5.32 Å². The molecule has 3 heteroatoms. The number of nitrogens with zero attached hydrogens (tertiary/aromatic N) is 1. The normalized spacial score (nSPS) is 23.2. The number of anilines is 1. The van der Waals surface area contributed by atoms with Gasteiger partial charge in [0.25, 0.3) is 0 Å². The maximum absolute atomic E-state index is 11.9. The second-order valence-electron chi connectivity index (χ2n) is 4.57. The van der Waals surface area contributed by atoms with Crippen molar-refractivity contribution in [2.75, 3.05) is 18.0 Å². The van der Waals surface area contributed by atoms with Crippen LogP contribution in [0.4, 0.5) is 5.69 Å². The molecule has 3 rings (SSSR count). The first-order chi connectivity index (χ1) is 7.79. The Kier molecular flexibility index (Phi) is 2.21. The van der Waals surface area contributed by atoms with Crippen LogP contribution in [0.3, 0.4) is 0 Å². The first-order valence-electron chi connectivity index (χ1n) is 5.94. The Morgan fingerprint density at radius 1 is 1.50 bits per heavy atom. The molecule has 3 nitrogen and oxygen atoms in total. The highest BCUT2D eigenvalue weighted by Gasteiger charge is 2.35. The molecule has 2 aliphatic rings. The SMILES string of the molecule is CCc1ccc2c(c1)CC1CNCC(=O)N21. The molecular formula is C13H16N2O. The van der Waals surface area contributed by atoms with E-state index in [0.29, 0.717) is 12.6 Å². The summed E-state index contributed by atoms with van der Waals surface area (Å²) in [6, 6.07) is 6.83. The van der Waals surface area contributed by atoms with Crippen molar-refractivity contribution in [2.45, 2.75) is 25.8 Å². The maximum atomic E-state index is 11.9. The van der Waals surface area contributed by atoms with Gasteiger partial charge in [-0.2, -0.15) is 0 Å². The summed E-state index contributed by atoms with van der Waals surface area (Å²) in [4.78, 5) is 13.8. The summed E-state index contributed by atoms with van der Waals surface area (Å²) in [5.41, 5.74) is 3.83. The van der Waals surface area contributed by atoms with E-state index in [2.05, 4.69) is 30.4 Å². The Bertz CT molecular complexity index is 442. The molecule has 0 radical (unpaired) electrons. The highest BCUT2D eigenvalue weighted by Crippen LogP contribution is 2.33. The number of piperazine rings is 1. The van der Waals surface area contributed by atoms with Gasteiger partial charge >= 0.3 is 0 Å². The molecule has 0 spiro atoms. The number of carbonyl (C=O) groups is 1. The molecule has 0 saturated carbocycles. The fourth-order valence-electron chi connectivity index (χ4n) is 2.73. The highest BCUT2D eigenvalue weighted by atomic mass is 16.2. The second-order valence-corrected chi connectivity index (χ2v) is 4.57. The molecule has 1 aromatic carbocycles. The minimum Gasteiger partial charge on any atom is -0.306 e. The Morgan fingerprint density at radius 3 is 3.19 bits per heavy atom. The summed E-state index contributed by atoms with van der Waals surface area (Å²) in [6.07, 6.45) is 2.06. The zero-order valence-electron chi connectivity index (χ0n) is 9.49. The number of benzene rings is 1. The molecular weight excluding hydrogens is 200 g/mol. The van der Waals surface area contributed by atoms with Crippen molar-refractivity contribution in [2.24, 2.45) is 0 Å². The Labute approximate surface area is 95.4 Å². The summed E-state index contributed by atoms with van der Waals surface area (Å²) < 4.78 is 0. The standard InChI is InChI=1S/C13H16N2O/c1-2-9-3-4-12-10(5-9)6-11-7-14-8-13(16)15(11)12/h3-5,11,14H,2,6-8H2,1H3. The molecule has 16 heavy (non-hydrogen) atoms. The smallest absolute Gasteiger partial charge is 0.241 e. The molecule has 2 heterocycles. The third-order valence-corrected chi connectivity index (χ3v) is 3.56. The maximum Gasteiger partial charge on any atom is 0.241 e. The molecule has 0 aromatic heterocycles. The largest absolute Gasteiger partial charge is 0.306 e. The average Bonchev–Trinajstić information content (AvgIpc) is 2.67. The van der Waals surface area contributed by atoms with Crippen LogP contribution in [0.25, 0.3) is 0 Å². The third-order valence-electron chi connectivity index (χ3n) is 3.56. The van der Waals surface area contributed by atoms with Gasteiger partial charge in [-0.1, -0.05) is 19.1 Å². The summed E-state index contributed by atoms with van der Waals surface area (Å²) in [5, 5.41) is 3.18. The number of fused-ring (bicyclic) bond motifs is 3. The third kappa shape index (κ3) is 1.35. The number of nitrogens with one attached hydrogen (secondary N) is 1. The minimum atomic E-state index is 0.208. The Hall–Kier alpha value is -1.35. The molecule has 0 bridgehead atoms. The van der Waals surface area contributed by atoms with Crippen LogP contribution in [-0.4, -0.2) is 25.0 Å². The van der Waals surface area contributed by atoms with Gasteiger partial charge in [0, 0.05) is 12.2 Å². The number of rotatable bonds is 1. The molecule has 1 unspecified atom stereocenters. The fourth-order valence-corrected chi connectivity index (χ4v) is 2.73. The number of hydrogen-bond donors (Lipinski definition) is 1. The van der Waals surface area contributed by atoms with Crippen LogP contribution in [0, 0.1) is 0 Å². The van der Waals surface area contributed by atoms with Crippen LogP contribution >= 0.6 is 0 Å². The summed E-state index contributed by atoms with van der Waals surface area (Å²) in [6.45, 7) is 3.56. The van der Waals surface area contributed by atoms with Crippen molar-refractivity contribution < 1.29 is 4.79 Å². The molecule has 1 fully saturated rings. The molecule has 1 N–H and O–H groups in total. The van der Waals surface area contributed by atoms with Gasteiger partial charge in [-0.15, -0.1) is 0 Å². The van der Waals surface area contributed by atoms with E-state index in [1.165, 1.54) is 11.1 Å². The lowest BCUT2D eigenvalue weighted by molar-refractivity contribution is -0.119. The topological polar surface area (TPSA) is 32.3 Å². The number of hydrogen-bond acceptors (Lipinski definition) is 2. The molecule has 1 aromatic rings. The van der Waals surface area contributed by atoms with Gasteiger partial charge in [-0.05, 0) is 30.0 Å². The van der Waals surface area contributed by atoms with Crippen LogP contribution in [0.1, 0.15) is 18.1 Å². The zero-order valence-corrected chi connectivity index (χ0v) is 9.49. The molecule has 1 saturated heterocycles. The molecule has 1 amide bonds. The van der Waals surface area contributed by atoms with Crippen LogP contribution in [0.2, 0.25) is 0 Å². The summed E-state index contributed by atoms with van der Waals surface area (Å²) in [5.74, 6) is 0.208. The van der Waals surface area contributed by atoms with E-state index in [-0.39, 0.29) is 5.91 Å². The van der Waals surface area contributed by atoms with E-state index < -0.39 is 0 Å². The van der Waals surface area contributed by atoms with E-state index in [1.54, 1.807) is 0 Å². The predicted octanol–water partition coefficient (Wildman–Crippen LogP) is 1.11. The van der Waals surface area contributed by atoms with Crippen molar-refractivity contribution >= 4 is 11.6 Å². The zero-order chi connectivity index (χ0) is 11.1. The van der Waals surface area contributed by atoms with Gasteiger partial charge in [0.1, 0.15) is 0 Å². The van der Waals surface area contributed by atoms with Gasteiger partial charge in [0.2, 0.25) is 5.91 Å². The first-order valence-corrected chi connectivity index (χ1v) is 5.94. The molecule has 1 atom stereocenters. The minimum absolute atomic E-state index is 0.208. The van der Waals surface area contributed by atoms with Crippen molar-refractivity contribution in [3.8, 4) is 0 Å². The number of carbonyl (C=O) groups excluding carboxylic acids is 1. The lowest BCUT2D eigenvalue weighted by Gasteiger charge is -2.30. The number of amides is 1. The van der Waals surface area contributed by atoms with Gasteiger partial charge < -0.3 is 10.2 Å². The lowest BCUT2D eigenvalue weighted by Crippen LogP contribution is -2.53. The van der Waals surface area contributed by atoms with E-state index in [4.69, 9.17) is 0 Å². The second kappa shape index (κ2) is 3.59. The molecule has 84 valence electrons. The Balaban J connectivity index is 2.02. The highest BCUT2D eigenvalue weighted by molar-refractivity contribution is 5.98. The lowest BCUT2D eigenvalue weighted by atomic mass is 10.1. The van der Waals surface area contributed by atoms with E-state index >= 15 is 0 Å².